The average Bonchev–Trinajstić information content (AvgIpc) is 3.84. The molecule has 2 amide bonds. The van der Waals surface area contributed by atoms with Gasteiger partial charge < -0.3 is 28.7 Å². The van der Waals surface area contributed by atoms with E-state index in [0.29, 0.717) is 40.4 Å². The molecule has 4 aliphatic heterocycles. The minimum absolute atomic E-state index is 0.0965. The number of hydrogen-bond acceptors (Lipinski definition) is 10. The average molecular weight is 886 g/mol. The molecule has 2 spiro atoms. The van der Waals surface area contributed by atoms with E-state index in [4.69, 9.17) is 52.1 Å². The second kappa shape index (κ2) is 16.8. The van der Waals surface area contributed by atoms with E-state index in [1.54, 1.807) is 20.4 Å². The maximum absolute atomic E-state index is 12.7. The Morgan fingerprint density at radius 1 is 0.677 bits per heavy atom. The number of carbonyl (C=O) groups is 2. The molecule has 0 saturated carbocycles. The van der Waals surface area contributed by atoms with Crippen molar-refractivity contribution in [1.29, 1.82) is 0 Å². The third-order valence-electron chi connectivity index (χ3n) is 12.4. The number of pyridine rings is 2. The van der Waals surface area contributed by atoms with Gasteiger partial charge in [0.1, 0.15) is 17.0 Å². The van der Waals surface area contributed by atoms with Gasteiger partial charge >= 0.3 is 12.2 Å². The quantitative estimate of drug-likeness (QED) is 0.161. The molecular formula is C48H58Cl2N6O6. The SMILES string of the molecule is COc1cc(-c2nccc(-c3cccc(-c4ccc(CN5CC6(CCN(C(=O)OC(C)(C)C)C6)C5)c(OC)n4)c3Cl)c2Cl)ccc1CN1CC2(CCN(C(=O)OC(C)(C)C)C2)C1. The molecule has 62 heavy (non-hydrogen) atoms. The van der Waals surface area contributed by atoms with Gasteiger partial charge in [-0.25, -0.2) is 14.6 Å². The van der Waals surface area contributed by atoms with Crippen molar-refractivity contribution in [2.75, 3.05) is 66.6 Å². The van der Waals surface area contributed by atoms with E-state index in [1.807, 2.05) is 93.8 Å². The number of rotatable bonds is 9. The van der Waals surface area contributed by atoms with Crippen molar-refractivity contribution in [2.24, 2.45) is 10.8 Å². The molecular weight excluding hydrogens is 827 g/mol. The number of methoxy groups -OCH3 is 2. The molecule has 4 aliphatic rings. The number of nitrogens with zero attached hydrogens (tertiary/aromatic N) is 6. The zero-order chi connectivity index (χ0) is 44.2. The summed E-state index contributed by atoms with van der Waals surface area (Å²) in [6.07, 6.45) is 3.23. The lowest BCUT2D eigenvalue weighted by molar-refractivity contribution is -0.00659. The summed E-state index contributed by atoms with van der Waals surface area (Å²) in [5, 5.41) is 0.998. The molecule has 14 heteroatoms. The summed E-state index contributed by atoms with van der Waals surface area (Å²) in [6.45, 7) is 19.3. The lowest BCUT2D eigenvalue weighted by atomic mass is 9.79. The summed E-state index contributed by atoms with van der Waals surface area (Å²) in [4.78, 5) is 43.5. The van der Waals surface area contributed by atoms with Crippen LogP contribution in [0.25, 0.3) is 33.6 Å². The zero-order valence-electron chi connectivity index (χ0n) is 37.1. The molecule has 4 saturated heterocycles. The third kappa shape index (κ3) is 9.21. The largest absolute Gasteiger partial charge is 0.496 e. The van der Waals surface area contributed by atoms with E-state index in [1.165, 1.54) is 0 Å². The number of carbonyl (C=O) groups excluding carboxylic acids is 2. The van der Waals surface area contributed by atoms with Gasteiger partial charge in [0.05, 0.1) is 35.7 Å². The fraction of sp³-hybridized carbons (Fsp3) is 0.500. The molecule has 4 aromatic rings. The smallest absolute Gasteiger partial charge is 0.410 e. The first-order valence-electron chi connectivity index (χ1n) is 21.4. The van der Waals surface area contributed by atoms with Gasteiger partial charge in [0.2, 0.25) is 5.88 Å². The van der Waals surface area contributed by atoms with Gasteiger partial charge in [-0.3, -0.25) is 14.8 Å². The molecule has 0 aliphatic carbocycles. The van der Waals surface area contributed by atoms with E-state index in [2.05, 4.69) is 21.9 Å². The fourth-order valence-electron chi connectivity index (χ4n) is 9.59. The Morgan fingerprint density at radius 3 is 1.79 bits per heavy atom. The van der Waals surface area contributed by atoms with E-state index < -0.39 is 11.2 Å². The minimum Gasteiger partial charge on any atom is -0.496 e. The van der Waals surface area contributed by atoms with Crippen molar-refractivity contribution >= 4 is 35.4 Å². The normalized spacial score (nSPS) is 18.5. The molecule has 0 bridgehead atoms. The van der Waals surface area contributed by atoms with Crippen LogP contribution in [0.15, 0.2) is 60.8 Å². The number of ether oxygens (including phenoxy) is 4. The van der Waals surface area contributed by atoms with Crippen molar-refractivity contribution in [1.82, 2.24) is 29.6 Å². The number of aromatic nitrogens is 2. The molecule has 0 N–H and O–H groups in total. The second-order valence-corrected chi connectivity index (χ2v) is 20.4. The molecule has 330 valence electrons. The molecule has 0 radical (unpaired) electrons. The Hall–Kier alpha value is -4.62. The van der Waals surface area contributed by atoms with Crippen LogP contribution in [-0.2, 0) is 22.6 Å². The molecule has 0 atom stereocenters. The van der Waals surface area contributed by atoms with Gasteiger partial charge in [-0.05, 0) is 72.6 Å². The summed E-state index contributed by atoms with van der Waals surface area (Å²) >= 11 is 14.4. The fourth-order valence-corrected chi connectivity index (χ4v) is 10.2. The topological polar surface area (TPSA) is 110 Å². The molecule has 8 rings (SSSR count). The van der Waals surface area contributed by atoms with Gasteiger partial charge in [-0.2, -0.15) is 0 Å². The van der Waals surface area contributed by atoms with E-state index >= 15 is 0 Å². The van der Waals surface area contributed by atoms with Crippen LogP contribution in [0.3, 0.4) is 0 Å². The van der Waals surface area contributed by atoms with Gasteiger partial charge in [0.15, 0.2) is 0 Å². The highest BCUT2D eigenvalue weighted by molar-refractivity contribution is 6.39. The van der Waals surface area contributed by atoms with Crippen molar-refractivity contribution in [3.8, 4) is 45.3 Å². The number of hydrogen-bond donors (Lipinski definition) is 0. The highest BCUT2D eigenvalue weighted by Gasteiger charge is 2.50. The van der Waals surface area contributed by atoms with Gasteiger partial charge in [-0.15, -0.1) is 0 Å². The summed E-state index contributed by atoms with van der Waals surface area (Å²) < 4.78 is 23.0. The Bertz CT molecular complexity index is 2190. The molecule has 4 fully saturated rings. The Morgan fingerprint density at radius 2 is 1.23 bits per heavy atom. The first-order chi connectivity index (χ1) is 29.4. The van der Waals surface area contributed by atoms with Crippen LogP contribution in [0.4, 0.5) is 9.59 Å². The molecule has 0 unspecified atom stereocenters. The summed E-state index contributed by atoms with van der Waals surface area (Å²) in [5.41, 5.74) is 5.66. The summed E-state index contributed by atoms with van der Waals surface area (Å²) in [5.74, 6) is 1.30. The zero-order valence-corrected chi connectivity index (χ0v) is 38.7. The van der Waals surface area contributed by atoms with Crippen LogP contribution in [0.2, 0.25) is 10.0 Å². The van der Waals surface area contributed by atoms with Crippen molar-refractivity contribution in [2.45, 2.75) is 78.7 Å². The van der Waals surface area contributed by atoms with Gasteiger partial charge in [0, 0.05) is 116 Å². The first-order valence-corrected chi connectivity index (χ1v) is 22.2. The summed E-state index contributed by atoms with van der Waals surface area (Å²) in [7, 11) is 3.32. The standard InChI is InChI=1S/C48H58Cl2N6O6/c1-45(2,3)61-43(57)55-20-17-47(29-55)25-53(26-47)23-32-13-12-31(22-38(32)59-7)41-40(50)35(16-19-51-41)34-10-9-11-36(39(34)49)37-15-14-33(42(52-37)60-8)24-54-27-48(28-54)18-21-56(30-48)44(58)62-46(4,5)6/h9-16,19,22H,17-18,20-21,23-30H2,1-8H3. The molecule has 6 heterocycles. The second-order valence-electron chi connectivity index (χ2n) is 19.7. The maximum Gasteiger partial charge on any atom is 0.410 e. The van der Waals surface area contributed by atoms with Crippen LogP contribution in [0.5, 0.6) is 11.6 Å². The van der Waals surface area contributed by atoms with E-state index in [-0.39, 0.29) is 23.0 Å². The molecule has 2 aromatic heterocycles. The monoisotopic (exact) mass is 884 g/mol. The van der Waals surface area contributed by atoms with Crippen molar-refractivity contribution < 1.29 is 28.5 Å². The number of amides is 2. The number of likely N-dealkylation sites (tertiary alicyclic amines) is 4. The van der Waals surface area contributed by atoms with E-state index in [9.17, 15) is 9.59 Å². The Balaban J connectivity index is 0.928. The lowest BCUT2D eigenvalue weighted by Gasteiger charge is -2.48. The Kier molecular flexibility index (Phi) is 11.9. The lowest BCUT2D eigenvalue weighted by Crippen LogP contribution is -2.57. The van der Waals surface area contributed by atoms with Crippen LogP contribution in [0.1, 0.15) is 65.5 Å². The third-order valence-corrected chi connectivity index (χ3v) is 13.1. The van der Waals surface area contributed by atoms with Gasteiger partial charge in [-0.1, -0.05) is 59.6 Å². The minimum atomic E-state index is -0.508. The Labute approximate surface area is 375 Å². The first kappa shape index (κ1) is 44.0. The highest BCUT2D eigenvalue weighted by Crippen LogP contribution is 2.45. The van der Waals surface area contributed by atoms with E-state index in [0.717, 1.165) is 104 Å². The summed E-state index contributed by atoms with van der Waals surface area (Å²) in [6, 6.07) is 17.9. The van der Waals surface area contributed by atoms with Crippen LogP contribution < -0.4 is 9.47 Å². The van der Waals surface area contributed by atoms with Crippen LogP contribution >= 0.6 is 23.2 Å². The number of halogens is 2. The van der Waals surface area contributed by atoms with Crippen molar-refractivity contribution in [3.63, 3.8) is 0 Å². The molecule has 2 aromatic carbocycles. The number of benzene rings is 2. The van der Waals surface area contributed by atoms with Crippen LogP contribution in [0, 0.1) is 10.8 Å². The predicted octanol–water partition coefficient (Wildman–Crippen LogP) is 9.69. The highest BCUT2D eigenvalue weighted by atomic mass is 35.5. The predicted molar refractivity (Wildman–Crippen MR) is 242 cm³/mol. The maximum atomic E-state index is 12.7. The van der Waals surface area contributed by atoms with Crippen molar-refractivity contribution in [3.05, 3.63) is 82.0 Å². The van der Waals surface area contributed by atoms with Gasteiger partial charge in [0.25, 0.3) is 0 Å². The molecule has 12 nitrogen and oxygen atoms in total. The van der Waals surface area contributed by atoms with Crippen LogP contribution in [-0.4, -0.2) is 120 Å².